The van der Waals surface area contributed by atoms with Gasteiger partial charge in [0.05, 0.1) is 12.6 Å². The second-order valence-corrected chi connectivity index (χ2v) is 6.54. The van der Waals surface area contributed by atoms with Crippen molar-refractivity contribution in [2.75, 3.05) is 6.61 Å². The average Bonchev–Trinajstić information content (AvgIpc) is 2.67. The largest absolute Gasteiger partial charge is 0.490 e. The van der Waals surface area contributed by atoms with Gasteiger partial charge in [0.1, 0.15) is 6.61 Å². The highest BCUT2D eigenvalue weighted by Crippen LogP contribution is 2.35. The van der Waals surface area contributed by atoms with Gasteiger partial charge in [0.2, 0.25) is 0 Å². The fourth-order valence-electron chi connectivity index (χ4n) is 3.24. The summed E-state index contributed by atoms with van der Waals surface area (Å²) in [6, 6.07) is 14.5. The van der Waals surface area contributed by atoms with E-state index in [2.05, 4.69) is 10.6 Å². The minimum atomic E-state index is -0.534. The molecule has 3 rings (SSSR count). The number of nitrogens with one attached hydrogen (secondary N) is 2. The molecule has 0 unspecified atom stereocenters. The average molecular weight is 380 g/mol. The number of carbonyl (C=O) groups is 2. The van der Waals surface area contributed by atoms with Gasteiger partial charge < -0.3 is 20.1 Å². The van der Waals surface area contributed by atoms with Gasteiger partial charge in [0.25, 0.3) is 0 Å². The van der Waals surface area contributed by atoms with Gasteiger partial charge in [0.15, 0.2) is 17.3 Å². The Morgan fingerprint density at radius 3 is 2.50 bits per heavy atom. The lowest BCUT2D eigenvalue weighted by Crippen LogP contribution is -2.44. The maximum atomic E-state index is 12.1. The van der Waals surface area contributed by atoms with Gasteiger partial charge in [-0.2, -0.15) is 0 Å². The van der Waals surface area contributed by atoms with E-state index in [9.17, 15) is 9.59 Å². The molecule has 2 N–H and O–H groups in total. The summed E-state index contributed by atoms with van der Waals surface area (Å²) >= 11 is 0. The van der Waals surface area contributed by atoms with Crippen molar-refractivity contribution in [2.24, 2.45) is 0 Å². The van der Waals surface area contributed by atoms with Crippen molar-refractivity contribution in [3.8, 4) is 11.5 Å². The van der Waals surface area contributed by atoms with Crippen LogP contribution >= 0.6 is 0 Å². The van der Waals surface area contributed by atoms with Crippen molar-refractivity contribution in [1.82, 2.24) is 10.6 Å². The number of ether oxygens (including phenoxy) is 2. The molecule has 1 heterocycles. The number of allylic oxidation sites excluding steroid dienone is 1. The number of rotatable bonds is 7. The van der Waals surface area contributed by atoms with E-state index in [1.165, 1.54) is 6.92 Å². The summed E-state index contributed by atoms with van der Waals surface area (Å²) < 4.78 is 11.7. The number of hydrogen-bond donors (Lipinski definition) is 2. The number of hydrogen-bond acceptors (Lipinski definition) is 4. The van der Waals surface area contributed by atoms with Crippen LogP contribution in [0.4, 0.5) is 4.79 Å². The molecule has 146 valence electrons. The maximum absolute atomic E-state index is 12.1. The first-order valence-corrected chi connectivity index (χ1v) is 9.22. The molecule has 0 saturated carbocycles. The van der Waals surface area contributed by atoms with Crippen LogP contribution in [0.25, 0.3) is 0 Å². The summed E-state index contributed by atoms with van der Waals surface area (Å²) in [5.74, 6) is 1.08. The first kappa shape index (κ1) is 19.5. The number of amides is 2. The number of ketones is 1. The van der Waals surface area contributed by atoms with Crippen molar-refractivity contribution in [3.05, 3.63) is 70.9 Å². The lowest BCUT2D eigenvalue weighted by atomic mass is 9.93. The van der Waals surface area contributed by atoms with Crippen LogP contribution in [0.1, 0.15) is 37.9 Å². The zero-order chi connectivity index (χ0) is 20.1. The minimum absolute atomic E-state index is 0.0997. The van der Waals surface area contributed by atoms with Crippen LogP contribution in [0, 0.1) is 0 Å². The monoisotopic (exact) mass is 380 g/mol. The van der Waals surface area contributed by atoms with E-state index >= 15 is 0 Å². The summed E-state index contributed by atoms with van der Waals surface area (Å²) in [6.45, 7) is 6.00. The van der Waals surface area contributed by atoms with E-state index in [4.69, 9.17) is 9.47 Å². The van der Waals surface area contributed by atoms with Crippen molar-refractivity contribution in [2.45, 2.75) is 33.4 Å². The molecule has 0 saturated heterocycles. The van der Waals surface area contributed by atoms with Crippen molar-refractivity contribution in [3.63, 3.8) is 0 Å². The van der Waals surface area contributed by atoms with Crippen LogP contribution in [0.15, 0.2) is 59.8 Å². The molecule has 0 spiro atoms. The Labute approximate surface area is 164 Å². The van der Waals surface area contributed by atoms with Crippen LogP contribution in [-0.4, -0.2) is 18.4 Å². The molecule has 1 aliphatic rings. The fraction of sp³-hybridized carbons (Fsp3) is 0.273. The molecule has 2 aromatic carbocycles. The molecule has 0 aliphatic carbocycles. The molecule has 0 radical (unpaired) electrons. The third-order valence-electron chi connectivity index (χ3n) is 4.49. The van der Waals surface area contributed by atoms with E-state index in [0.29, 0.717) is 36.0 Å². The molecule has 2 aromatic rings. The Morgan fingerprint density at radius 1 is 1.07 bits per heavy atom. The maximum Gasteiger partial charge on any atom is 0.319 e. The number of carbonyl (C=O) groups excluding carboxylic acids is 2. The summed E-state index contributed by atoms with van der Waals surface area (Å²) in [4.78, 5) is 24.1. The summed E-state index contributed by atoms with van der Waals surface area (Å²) in [7, 11) is 0. The van der Waals surface area contributed by atoms with Crippen molar-refractivity contribution < 1.29 is 19.1 Å². The van der Waals surface area contributed by atoms with Gasteiger partial charge >= 0.3 is 6.03 Å². The predicted octanol–water partition coefficient (Wildman–Crippen LogP) is 3.88. The predicted molar refractivity (Wildman–Crippen MR) is 106 cm³/mol. The standard InChI is InChI=1S/C22H24N2O4/c1-4-27-19-12-17(21-20(15(3)25)14(2)23-22(26)24-21)10-11-18(19)28-13-16-8-6-5-7-9-16/h5-12,21H,4,13H2,1-3H3,(H2,23,24,26)/t21-/m1/s1. The SMILES string of the molecule is CCOc1cc([C@H]2NC(=O)NC(C)=C2C(C)=O)ccc1OCc1ccccc1. The molecule has 6 nitrogen and oxygen atoms in total. The third-order valence-corrected chi connectivity index (χ3v) is 4.49. The molecule has 0 fully saturated rings. The summed E-state index contributed by atoms with van der Waals surface area (Å²) in [6.07, 6.45) is 0. The lowest BCUT2D eigenvalue weighted by molar-refractivity contribution is -0.114. The topological polar surface area (TPSA) is 76.7 Å². The zero-order valence-corrected chi connectivity index (χ0v) is 16.2. The van der Waals surface area contributed by atoms with E-state index < -0.39 is 6.04 Å². The Morgan fingerprint density at radius 2 is 1.82 bits per heavy atom. The minimum Gasteiger partial charge on any atom is -0.490 e. The van der Waals surface area contributed by atoms with Crippen LogP contribution in [-0.2, 0) is 11.4 Å². The van der Waals surface area contributed by atoms with E-state index in [-0.39, 0.29) is 11.8 Å². The molecule has 0 bridgehead atoms. The van der Waals surface area contributed by atoms with Gasteiger partial charge in [-0.3, -0.25) is 4.79 Å². The molecule has 0 aromatic heterocycles. The fourth-order valence-corrected chi connectivity index (χ4v) is 3.24. The Bertz CT molecular complexity index is 906. The van der Waals surface area contributed by atoms with Gasteiger partial charge in [-0.05, 0) is 44.0 Å². The molecule has 1 atom stereocenters. The Hall–Kier alpha value is -3.28. The second-order valence-electron chi connectivity index (χ2n) is 6.54. The second kappa shape index (κ2) is 8.61. The Balaban J connectivity index is 1.90. The van der Waals surface area contributed by atoms with Crippen LogP contribution in [0.2, 0.25) is 0 Å². The van der Waals surface area contributed by atoms with Crippen LogP contribution in [0.3, 0.4) is 0 Å². The van der Waals surface area contributed by atoms with Gasteiger partial charge in [-0.25, -0.2) is 4.79 Å². The van der Waals surface area contributed by atoms with E-state index in [1.54, 1.807) is 6.92 Å². The number of Topliss-reactive ketones (excluding diaryl/α,β-unsaturated/α-hetero) is 1. The Kier molecular flexibility index (Phi) is 5.99. The molecule has 2 amide bonds. The van der Waals surface area contributed by atoms with Gasteiger partial charge in [-0.1, -0.05) is 36.4 Å². The number of benzene rings is 2. The van der Waals surface area contributed by atoms with Gasteiger partial charge in [-0.15, -0.1) is 0 Å². The molecular weight excluding hydrogens is 356 g/mol. The van der Waals surface area contributed by atoms with Crippen molar-refractivity contribution >= 4 is 11.8 Å². The van der Waals surface area contributed by atoms with E-state index in [0.717, 1.165) is 11.1 Å². The zero-order valence-electron chi connectivity index (χ0n) is 16.2. The summed E-state index contributed by atoms with van der Waals surface area (Å²) in [5.41, 5.74) is 2.90. The van der Waals surface area contributed by atoms with Gasteiger partial charge in [0, 0.05) is 11.3 Å². The molecule has 28 heavy (non-hydrogen) atoms. The van der Waals surface area contributed by atoms with Crippen molar-refractivity contribution in [1.29, 1.82) is 0 Å². The van der Waals surface area contributed by atoms with Crippen LogP contribution < -0.4 is 20.1 Å². The van der Waals surface area contributed by atoms with Crippen LogP contribution in [0.5, 0.6) is 11.5 Å². The quantitative estimate of drug-likeness (QED) is 0.764. The highest BCUT2D eigenvalue weighted by molar-refractivity contribution is 5.98. The smallest absolute Gasteiger partial charge is 0.319 e. The third kappa shape index (κ3) is 4.34. The highest BCUT2D eigenvalue weighted by Gasteiger charge is 2.29. The molecule has 1 aliphatic heterocycles. The first-order valence-electron chi connectivity index (χ1n) is 9.22. The normalized spacial score (nSPS) is 16.2. The lowest BCUT2D eigenvalue weighted by Gasteiger charge is -2.28. The van der Waals surface area contributed by atoms with E-state index in [1.807, 2.05) is 55.5 Å². The molecule has 6 heteroatoms. The first-order chi connectivity index (χ1) is 13.5. The highest BCUT2D eigenvalue weighted by atomic mass is 16.5. The summed E-state index contributed by atoms with van der Waals surface area (Å²) in [5, 5.41) is 5.47. The number of urea groups is 1. The molecular formula is C22H24N2O4.